The molecule has 7 heteroatoms. The highest BCUT2D eigenvalue weighted by Crippen LogP contribution is 2.22. The van der Waals surface area contributed by atoms with Crippen molar-refractivity contribution in [2.45, 2.75) is 5.92 Å². The fourth-order valence-corrected chi connectivity index (χ4v) is 2.47. The molecule has 0 aliphatic carbocycles. The molecule has 122 valence electrons. The van der Waals surface area contributed by atoms with Crippen molar-refractivity contribution < 1.29 is 9.18 Å². The van der Waals surface area contributed by atoms with Crippen molar-refractivity contribution in [3.05, 3.63) is 70.5 Å². The molecule has 0 aromatic heterocycles. The first-order chi connectivity index (χ1) is 11.6. The third-order valence-electron chi connectivity index (χ3n) is 3.58. The van der Waals surface area contributed by atoms with Crippen LogP contribution in [0.1, 0.15) is 17.0 Å². The summed E-state index contributed by atoms with van der Waals surface area (Å²) < 4.78 is 12.8. The minimum atomic E-state index is -0.390. The lowest BCUT2D eigenvalue weighted by atomic mass is 9.94. The topological polar surface area (TPSA) is 65.8 Å². The molecule has 0 saturated carbocycles. The molecule has 1 aliphatic heterocycles. The highest BCUT2D eigenvalue weighted by Gasteiger charge is 2.28. The Labute approximate surface area is 143 Å². The van der Waals surface area contributed by atoms with Crippen molar-refractivity contribution in [2.75, 3.05) is 6.54 Å². The van der Waals surface area contributed by atoms with E-state index in [4.69, 9.17) is 11.6 Å². The van der Waals surface area contributed by atoms with Gasteiger partial charge in [-0.2, -0.15) is 10.2 Å². The molecule has 1 aliphatic rings. The van der Waals surface area contributed by atoms with Crippen LogP contribution in [0.4, 0.5) is 4.39 Å². The molecule has 5 nitrogen and oxygen atoms in total. The van der Waals surface area contributed by atoms with E-state index >= 15 is 0 Å². The Balaban J connectivity index is 1.65. The van der Waals surface area contributed by atoms with E-state index in [1.165, 1.54) is 18.3 Å². The van der Waals surface area contributed by atoms with Crippen molar-refractivity contribution >= 4 is 29.4 Å². The van der Waals surface area contributed by atoms with Crippen molar-refractivity contribution in [1.82, 2.24) is 10.9 Å². The van der Waals surface area contributed by atoms with Crippen LogP contribution in [-0.2, 0) is 4.79 Å². The van der Waals surface area contributed by atoms with E-state index in [0.29, 0.717) is 22.8 Å². The van der Waals surface area contributed by atoms with Crippen molar-refractivity contribution in [1.29, 1.82) is 0 Å². The fourth-order valence-electron chi connectivity index (χ4n) is 2.35. The van der Waals surface area contributed by atoms with Crippen molar-refractivity contribution in [2.24, 2.45) is 10.2 Å². The van der Waals surface area contributed by atoms with E-state index in [1.807, 2.05) is 12.1 Å². The van der Waals surface area contributed by atoms with Crippen LogP contribution in [0.25, 0.3) is 0 Å². The quantitative estimate of drug-likeness (QED) is 0.661. The average molecular weight is 345 g/mol. The largest absolute Gasteiger partial charge is 0.309 e. The molecule has 0 spiro atoms. The summed E-state index contributed by atoms with van der Waals surface area (Å²) in [6, 6.07) is 13.1. The Hall–Kier alpha value is -2.73. The molecule has 0 saturated heterocycles. The maximum atomic E-state index is 12.8. The molecule has 1 atom stereocenters. The fraction of sp³-hybridized carbons (Fsp3) is 0.118. The molecule has 3 rings (SSSR count). The number of benzene rings is 2. The van der Waals surface area contributed by atoms with E-state index in [0.717, 1.165) is 5.56 Å². The lowest BCUT2D eigenvalue weighted by molar-refractivity contribution is -0.114. The van der Waals surface area contributed by atoms with Gasteiger partial charge in [-0.25, -0.2) is 9.82 Å². The molecule has 0 bridgehead atoms. The zero-order valence-electron chi connectivity index (χ0n) is 12.5. The van der Waals surface area contributed by atoms with Crippen LogP contribution in [0.15, 0.2) is 58.7 Å². The van der Waals surface area contributed by atoms with Gasteiger partial charge in [0.1, 0.15) is 11.5 Å². The first-order valence-electron chi connectivity index (χ1n) is 7.28. The molecule has 2 aromatic carbocycles. The zero-order chi connectivity index (χ0) is 16.9. The molecule has 1 amide bonds. The Morgan fingerprint density at radius 1 is 1.25 bits per heavy atom. The first kappa shape index (κ1) is 16.1. The third kappa shape index (κ3) is 3.78. The van der Waals surface area contributed by atoms with Gasteiger partial charge >= 0.3 is 0 Å². The summed E-state index contributed by atoms with van der Waals surface area (Å²) in [4.78, 5) is 12.3. The van der Waals surface area contributed by atoms with Gasteiger partial charge in [0, 0.05) is 11.6 Å². The summed E-state index contributed by atoms with van der Waals surface area (Å²) in [7, 11) is 0. The molecule has 1 heterocycles. The second-order valence-electron chi connectivity index (χ2n) is 5.21. The number of amides is 1. The van der Waals surface area contributed by atoms with Gasteiger partial charge in [0.15, 0.2) is 0 Å². The minimum absolute atomic E-state index is 0.164. The monoisotopic (exact) mass is 344 g/mol. The van der Waals surface area contributed by atoms with Crippen LogP contribution < -0.4 is 10.9 Å². The number of hydrazone groups is 2. The standard InChI is InChI=1S/C17H14ClFN4O/c18-13-5-3-12(4-6-13)15-10-21-22-16(15)17(24)23-20-9-11-1-7-14(19)8-2-11/h1-9,15,21H,10H2,(H,23,24)/b20-9-. The second kappa shape index (κ2) is 7.23. The molecule has 1 unspecified atom stereocenters. The molecule has 24 heavy (non-hydrogen) atoms. The van der Waals surface area contributed by atoms with Crippen LogP contribution in [0.2, 0.25) is 5.02 Å². The number of hydrogen-bond acceptors (Lipinski definition) is 4. The van der Waals surface area contributed by atoms with Crippen LogP contribution in [-0.4, -0.2) is 24.4 Å². The Bertz CT molecular complexity index is 787. The molecular formula is C17H14ClFN4O. The highest BCUT2D eigenvalue weighted by molar-refractivity contribution is 6.41. The number of carbonyl (C=O) groups is 1. The molecule has 0 fully saturated rings. The summed E-state index contributed by atoms with van der Waals surface area (Å²) in [5, 5.41) is 8.57. The summed E-state index contributed by atoms with van der Waals surface area (Å²) in [5.74, 6) is -0.880. The van der Waals surface area contributed by atoms with E-state index in [2.05, 4.69) is 21.1 Å². The van der Waals surface area contributed by atoms with Crippen molar-refractivity contribution in [3.8, 4) is 0 Å². The third-order valence-corrected chi connectivity index (χ3v) is 3.83. The van der Waals surface area contributed by atoms with Gasteiger partial charge in [0.25, 0.3) is 5.91 Å². The van der Waals surface area contributed by atoms with Crippen LogP contribution >= 0.6 is 11.6 Å². The number of carbonyl (C=O) groups excluding carboxylic acids is 1. The number of hydrogen-bond donors (Lipinski definition) is 2. The first-order valence-corrected chi connectivity index (χ1v) is 7.66. The average Bonchev–Trinajstić information content (AvgIpc) is 3.07. The van der Waals surface area contributed by atoms with Gasteiger partial charge in [0.2, 0.25) is 0 Å². The van der Waals surface area contributed by atoms with Gasteiger partial charge in [-0.15, -0.1) is 0 Å². The number of rotatable bonds is 4. The van der Waals surface area contributed by atoms with E-state index in [9.17, 15) is 9.18 Å². The van der Waals surface area contributed by atoms with Crippen LogP contribution in [0, 0.1) is 5.82 Å². The maximum Gasteiger partial charge on any atom is 0.288 e. The Morgan fingerprint density at radius 3 is 2.67 bits per heavy atom. The minimum Gasteiger partial charge on any atom is -0.309 e. The predicted molar refractivity (Wildman–Crippen MR) is 91.8 cm³/mol. The Morgan fingerprint density at radius 2 is 1.96 bits per heavy atom. The van der Waals surface area contributed by atoms with Gasteiger partial charge in [-0.05, 0) is 35.4 Å². The smallest absolute Gasteiger partial charge is 0.288 e. The summed E-state index contributed by atoms with van der Waals surface area (Å²) in [6.07, 6.45) is 1.44. The van der Waals surface area contributed by atoms with Crippen molar-refractivity contribution in [3.63, 3.8) is 0 Å². The SMILES string of the molecule is O=C(N/N=C\c1ccc(F)cc1)C1=NNCC1c1ccc(Cl)cc1. The van der Waals surface area contributed by atoms with Crippen LogP contribution in [0.5, 0.6) is 0 Å². The molecular weight excluding hydrogens is 331 g/mol. The number of halogens is 2. The second-order valence-corrected chi connectivity index (χ2v) is 5.65. The molecule has 2 N–H and O–H groups in total. The van der Waals surface area contributed by atoms with Gasteiger partial charge in [0.05, 0.1) is 12.1 Å². The normalized spacial score (nSPS) is 16.8. The van der Waals surface area contributed by atoms with E-state index in [-0.39, 0.29) is 11.7 Å². The number of nitrogens with zero attached hydrogens (tertiary/aromatic N) is 2. The van der Waals surface area contributed by atoms with E-state index in [1.54, 1.807) is 24.3 Å². The van der Waals surface area contributed by atoms with Gasteiger partial charge in [-0.3, -0.25) is 4.79 Å². The van der Waals surface area contributed by atoms with Gasteiger partial charge in [-0.1, -0.05) is 35.9 Å². The maximum absolute atomic E-state index is 12.8. The molecule has 2 aromatic rings. The highest BCUT2D eigenvalue weighted by atomic mass is 35.5. The van der Waals surface area contributed by atoms with Gasteiger partial charge < -0.3 is 5.43 Å². The Kier molecular flexibility index (Phi) is 4.86. The molecule has 0 radical (unpaired) electrons. The summed E-state index contributed by atoms with van der Waals surface area (Å²) in [6.45, 7) is 0.534. The zero-order valence-corrected chi connectivity index (χ0v) is 13.3. The lowest BCUT2D eigenvalue weighted by Gasteiger charge is -2.11. The lowest BCUT2D eigenvalue weighted by Crippen LogP contribution is -2.30. The van der Waals surface area contributed by atoms with Crippen LogP contribution in [0.3, 0.4) is 0 Å². The summed E-state index contributed by atoms with van der Waals surface area (Å²) in [5.41, 5.74) is 7.25. The van der Waals surface area contributed by atoms with E-state index < -0.39 is 5.91 Å². The predicted octanol–water partition coefficient (Wildman–Crippen LogP) is 2.67. The summed E-state index contributed by atoms with van der Waals surface area (Å²) >= 11 is 5.89. The number of nitrogens with one attached hydrogen (secondary N) is 2.